The molecule has 0 saturated carbocycles. The standard InChI is InChI=1S/C16H12N2O2/c19-13-7-8-14(20)16(12-6-2-4-10-18-12)15(13)11-5-1-3-9-17-11/h1-10,19-20H. The largest absolute Gasteiger partial charge is 0.507 e. The van der Waals surface area contributed by atoms with Gasteiger partial charge in [-0.3, -0.25) is 9.97 Å². The van der Waals surface area contributed by atoms with Gasteiger partial charge in [0.05, 0.1) is 22.5 Å². The van der Waals surface area contributed by atoms with E-state index in [0.717, 1.165) is 0 Å². The van der Waals surface area contributed by atoms with Gasteiger partial charge in [-0.2, -0.15) is 0 Å². The zero-order valence-corrected chi connectivity index (χ0v) is 10.6. The SMILES string of the molecule is Oc1ccc(O)c(-c2ccccn2)c1-c1ccccn1. The van der Waals surface area contributed by atoms with Crippen LogP contribution in [0.25, 0.3) is 22.5 Å². The molecule has 1 aromatic carbocycles. The van der Waals surface area contributed by atoms with Crippen LogP contribution in [-0.2, 0) is 0 Å². The molecule has 0 unspecified atom stereocenters. The second-order valence-corrected chi connectivity index (χ2v) is 4.28. The maximum Gasteiger partial charge on any atom is 0.125 e. The van der Waals surface area contributed by atoms with E-state index in [1.165, 1.54) is 12.1 Å². The third-order valence-corrected chi connectivity index (χ3v) is 3.00. The summed E-state index contributed by atoms with van der Waals surface area (Å²) in [5.74, 6) is 0.115. The van der Waals surface area contributed by atoms with Gasteiger partial charge in [-0.05, 0) is 36.4 Å². The lowest BCUT2D eigenvalue weighted by atomic mass is 9.98. The van der Waals surface area contributed by atoms with Crippen molar-refractivity contribution in [2.24, 2.45) is 0 Å². The van der Waals surface area contributed by atoms with Crippen molar-refractivity contribution in [1.82, 2.24) is 9.97 Å². The Hall–Kier alpha value is -2.88. The fourth-order valence-electron chi connectivity index (χ4n) is 2.12. The highest BCUT2D eigenvalue weighted by atomic mass is 16.3. The number of aromatic nitrogens is 2. The molecule has 0 saturated heterocycles. The van der Waals surface area contributed by atoms with Gasteiger partial charge < -0.3 is 10.2 Å². The fourth-order valence-corrected chi connectivity index (χ4v) is 2.12. The molecule has 3 rings (SSSR count). The van der Waals surface area contributed by atoms with E-state index in [9.17, 15) is 10.2 Å². The molecule has 0 fully saturated rings. The smallest absolute Gasteiger partial charge is 0.125 e. The monoisotopic (exact) mass is 264 g/mol. The Morgan fingerprint density at radius 1 is 0.600 bits per heavy atom. The van der Waals surface area contributed by atoms with Gasteiger partial charge in [0.15, 0.2) is 0 Å². The molecule has 0 aliphatic carbocycles. The van der Waals surface area contributed by atoms with Gasteiger partial charge in [0.25, 0.3) is 0 Å². The Morgan fingerprint density at radius 3 is 1.40 bits per heavy atom. The maximum atomic E-state index is 10.2. The van der Waals surface area contributed by atoms with E-state index in [0.29, 0.717) is 22.5 Å². The molecule has 3 aromatic rings. The van der Waals surface area contributed by atoms with E-state index < -0.39 is 0 Å². The highest BCUT2D eigenvalue weighted by molar-refractivity contribution is 5.88. The Labute approximate surface area is 116 Å². The molecule has 0 aliphatic heterocycles. The Kier molecular flexibility index (Phi) is 3.05. The van der Waals surface area contributed by atoms with E-state index in [-0.39, 0.29) is 11.5 Å². The predicted molar refractivity (Wildman–Crippen MR) is 76.2 cm³/mol. The van der Waals surface area contributed by atoms with Gasteiger partial charge in [-0.25, -0.2) is 0 Å². The number of nitrogens with zero attached hydrogens (tertiary/aromatic N) is 2. The van der Waals surface area contributed by atoms with Crippen molar-refractivity contribution in [2.75, 3.05) is 0 Å². The maximum absolute atomic E-state index is 10.2. The molecule has 4 nitrogen and oxygen atoms in total. The topological polar surface area (TPSA) is 66.2 Å². The first kappa shape index (κ1) is 12.2. The van der Waals surface area contributed by atoms with Crippen LogP contribution in [0.1, 0.15) is 0 Å². The molecular weight excluding hydrogens is 252 g/mol. The lowest BCUT2D eigenvalue weighted by Crippen LogP contribution is -1.91. The average Bonchev–Trinajstić information content (AvgIpc) is 2.51. The van der Waals surface area contributed by atoms with Crippen LogP contribution in [-0.4, -0.2) is 20.2 Å². The highest BCUT2D eigenvalue weighted by Crippen LogP contribution is 2.42. The van der Waals surface area contributed by atoms with Crippen LogP contribution in [0.15, 0.2) is 60.9 Å². The van der Waals surface area contributed by atoms with Crippen LogP contribution >= 0.6 is 0 Å². The summed E-state index contributed by atoms with van der Waals surface area (Å²) < 4.78 is 0. The quantitative estimate of drug-likeness (QED) is 0.697. The average molecular weight is 264 g/mol. The van der Waals surface area contributed by atoms with Crippen molar-refractivity contribution >= 4 is 0 Å². The fraction of sp³-hybridized carbons (Fsp3) is 0. The third kappa shape index (κ3) is 2.07. The number of phenolic OH excluding ortho intramolecular Hbond substituents is 2. The predicted octanol–water partition coefficient (Wildman–Crippen LogP) is 3.22. The highest BCUT2D eigenvalue weighted by Gasteiger charge is 2.17. The van der Waals surface area contributed by atoms with E-state index in [2.05, 4.69) is 9.97 Å². The van der Waals surface area contributed by atoms with Crippen molar-refractivity contribution in [3.05, 3.63) is 60.9 Å². The summed E-state index contributed by atoms with van der Waals surface area (Å²) in [7, 11) is 0. The zero-order chi connectivity index (χ0) is 13.9. The van der Waals surface area contributed by atoms with E-state index >= 15 is 0 Å². The molecule has 0 aliphatic rings. The normalized spacial score (nSPS) is 10.4. The second kappa shape index (κ2) is 5.01. The van der Waals surface area contributed by atoms with Gasteiger partial charge in [0, 0.05) is 12.4 Å². The van der Waals surface area contributed by atoms with Crippen LogP contribution in [0.2, 0.25) is 0 Å². The zero-order valence-electron chi connectivity index (χ0n) is 10.6. The molecule has 0 atom stereocenters. The second-order valence-electron chi connectivity index (χ2n) is 4.28. The number of hydrogen-bond acceptors (Lipinski definition) is 4. The molecule has 2 aromatic heterocycles. The molecule has 2 heterocycles. The minimum Gasteiger partial charge on any atom is -0.507 e. The summed E-state index contributed by atoms with van der Waals surface area (Å²) in [4.78, 5) is 8.48. The van der Waals surface area contributed by atoms with Crippen LogP contribution in [0.4, 0.5) is 0 Å². The van der Waals surface area contributed by atoms with Crippen LogP contribution in [0, 0.1) is 0 Å². The molecule has 2 N–H and O–H groups in total. The number of hydrogen-bond donors (Lipinski definition) is 2. The molecule has 0 bridgehead atoms. The van der Waals surface area contributed by atoms with Crippen LogP contribution in [0.5, 0.6) is 11.5 Å². The number of rotatable bonds is 2. The van der Waals surface area contributed by atoms with Crippen molar-refractivity contribution in [2.45, 2.75) is 0 Å². The molecule has 98 valence electrons. The Bertz CT molecular complexity index is 664. The summed E-state index contributed by atoms with van der Waals surface area (Å²) in [6.45, 7) is 0. The lowest BCUT2D eigenvalue weighted by Gasteiger charge is -2.12. The summed E-state index contributed by atoms with van der Waals surface area (Å²) >= 11 is 0. The van der Waals surface area contributed by atoms with Gasteiger partial charge >= 0.3 is 0 Å². The van der Waals surface area contributed by atoms with Crippen molar-refractivity contribution in [1.29, 1.82) is 0 Å². The van der Waals surface area contributed by atoms with Crippen LogP contribution < -0.4 is 0 Å². The molecule has 4 heteroatoms. The van der Waals surface area contributed by atoms with E-state index in [4.69, 9.17) is 0 Å². The first-order valence-corrected chi connectivity index (χ1v) is 6.15. The van der Waals surface area contributed by atoms with Gasteiger partial charge in [-0.1, -0.05) is 12.1 Å². The van der Waals surface area contributed by atoms with Gasteiger partial charge in [0.1, 0.15) is 11.5 Å². The first-order chi connectivity index (χ1) is 9.77. The lowest BCUT2D eigenvalue weighted by molar-refractivity contribution is 0.463. The molecule has 0 radical (unpaired) electrons. The Morgan fingerprint density at radius 2 is 1.05 bits per heavy atom. The third-order valence-electron chi connectivity index (χ3n) is 3.00. The molecular formula is C16H12N2O2. The summed E-state index contributed by atoms with van der Waals surface area (Å²) in [5, 5.41) is 20.3. The number of phenols is 2. The molecule has 20 heavy (non-hydrogen) atoms. The number of pyridine rings is 2. The van der Waals surface area contributed by atoms with Crippen LogP contribution in [0.3, 0.4) is 0 Å². The van der Waals surface area contributed by atoms with Crippen molar-refractivity contribution in [3.8, 4) is 34.0 Å². The van der Waals surface area contributed by atoms with Gasteiger partial charge in [0.2, 0.25) is 0 Å². The number of benzene rings is 1. The summed E-state index contributed by atoms with van der Waals surface area (Å²) in [6.07, 6.45) is 3.28. The Balaban J connectivity index is 2.32. The summed E-state index contributed by atoms with van der Waals surface area (Å²) in [5.41, 5.74) is 2.12. The minimum absolute atomic E-state index is 0.0575. The summed E-state index contributed by atoms with van der Waals surface area (Å²) in [6, 6.07) is 13.7. The first-order valence-electron chi connectivity index (χ1n) is 6.15. The minimum atomic E-state index is 0.0575. The number of aromatic hydroxyl groups is 2. The van der Waals surface area contributed by atoms with Gasteiger partial charge in [-0.15, -0.1) is 0 Å². The van der Waals surface area contributed by atoms with E-state index in [1.54, 1.807) is 36.7 Å². The van der Waals surface area contributed by atoms with E-state index in [1.807, 2.05) is 12.1 Å². The molecule has 0 amide bonds. The van der Waals surface area contributed by atoms with Crippen molar-refractivity contribution in [3.63, 3.8) is 0 Å². The van der Waals surface area contributed by atoms with Crippen molar-refractivity contribution < 1.29 is 10.2 Å². The molecule has 0 spiro atoms.